The lowest BCUT2D eigenvalue weighted by Crippen LogP contribution is -2.52. The van der Waals surface area contributed by atoms with Crippen LogP contribution >= 0.6 is 0 Å². The molecule has 0 radical (unpaired) electrons. The van der Waals surface area contributed by atoms with Crippen molar-refractivity contribution in [1.82, 2.24) is 29.6 Å². The van der Waals surface area contributed by atoms with E-state index in [1.54, 1.807) is 41.6 Å². The van der Waals surface area contributed by atoms with Crippen molar-refractivity contribution in [3.05, 3.63) is 54.8 Å². The van der Waals surface area contributed by atoms with Crippen molar-refractivity contribution < 1.29 is 18.7 Å². The molecule has 2 aliphatic heterocycles. The van der Waals surface area contributed by atoms with E-state index in [0.29, 0.717) is 43.8 Å². The first-order valence-electron chi connectivity index (χ1n) is 10.5. The molecule has 0 aromatic carbocycles. The first-order valence-corrected chi connectivity index (χ1v) is 10.5. The van der Waals surface area contributed by atoms with Gasteiger partial charge in [0.05, 0.1) is 12.2 Å². The second-order valence-corrected chi connectivity index (χ2v) is 7.95. The highest BCUT2D eigenvalue weighted by Crippen LogP contribution is 2.36. The number of likely N-dealkylation sites (tertiary alicyclic amines) is 1. The van der Waals surface area contributed by atoms with Gasteiger partial charge >= 0.3 is 6.01 Å². The van der Waals surface area contributed by atoms with E-state index in [2.05, 4.69) is 20.1 Å². The summed E-state index contributed by atoms with van der Waals surface area (Å²) >= 11 is 0. The molecule has 31 heavy (non-hydrogen) atoms. The molecule has 0 aliphatic carbocycles. The Bertz CT molecular complexity index is 998. The summed E-state index contributed by atoms with van der Waals surface area (Å²) in [4.78, 5) is 27.0. The number of rotatable bonds is 5. The number of piperidine rings is 1. The van der Waals surface area contributed by atoms with Gasteiger partial charge in [0, 0.05) is 38.3 Å². The van der Waals surface area contributed by atoms with Crippen LogP contribution in [0.3, 0.4) is 0 Å². The Labute approximate surface area is 179 Å². The second-order valence-electron chi connectivity index (χ2n) is 7.95. The molecule has 1 spiro atoms. The van der Waals surface area contributed by atoms with Crippen molar-refractivity contribution in [3.8, 4) is 6.01 Å². The van der Waals surface area contributed by atoms with Gasteiger partial charge in [-0.1, -0.05) is 0 Å². The van der Waals surface area contributed by atoms with Crippen molar-refractivity contribution >= 4 is 5.91 Å². The Kier molecular flexibility index (Phi) is 5.37. The lowest BCUT2D eigenvalue weighted by atomic mass is 9.83. The summed E-state index contributed by atoms with van der Waals surface area (Å²) in [6, 6.07) is 5.69. The zero-order valence-electron chi connectivity index (χ0n) is 17.1. The summed E-state index contributed by atoms with van der Waals surface area (Å²) in [5.41, 5.74) is -0.268. The third-order valence-corrected chi connectivity index (χ3v) is 5.88. The van der Waals surface area contributed by atoms with E-state index in [9.17, 15) is 4.79 Å². The molecular weight excluding hydrogens is 400 g/mol. The summed E-state index contributed by atoms with van der Waals surface area (Å²) in [5.74, 6) is 0.917. The van der Waals surface area contributed by atoms with Crippen LogP contribution in [0.2, 0.25) is 0 Å². The maximum Gasteiger partial charge on any atom is 0.316 e. The number of aromatic nitrogens is 5. The third-order valence-electron chi connectivity index (χ3n) is 5.88. The van der Waals surface area contributed by atoms with Gasteiger partial charge in [-0.05, 0) is 31.0 Å². The molecule has 3 aromatic rings. The van der Waals surface area contributed by atoms with Crippen LogP contribution in [0.25, 0.3) is 0 Å². The molecule has 0 bridgehead atoms. The smallest absolute Gasteiger partial charge is 0.316 e. The summed E-state index contributed by atoms with van der Waals surface area (Å²) in [6.45, 7) is 2.31. The highest BCUT2D eigenvalue weighted by molar-refractivity contribution is 5.91. The Balaban J connectivity index is 1.17. The van der Waals surface area contributed by atoms with Crippen LogP contribution in [0.15, 0.2) is 47.7 Å². The fourth-order valence-electron chi connectivity index (χ4n) is 4.25. The molecule has 1 unspecified atom stereocenters. The summed E-state index contributed by atoms with van der Waals surface area (Å²) < 4.78 is 19.5. The summed E-state index contributed by atoms with van der Waals surface area (Å²) in [5, 5.41) is 4.05. The molecule has 3 aromatic heterocycles. The number of amides is 1. The van der Waals surface area contributed by atoms with Gasteiger partial charge in [-0.2, -0.15) is 5.10 Å². The van der Waals surface area contributed by atoms with E-state index in [0.717, 1.165) is 25.7 Å². The first kappa shape index (κ1) is 19.7. The minimum Gasteiger partial charge on any atom is -0.460 e. The standard InChI is InChI=1S/C21H24N6O4/c28-19(18-3-2-17(30-18)13-27-15-22-14-25-27)26-9-5-21(6-10-26)12-16(4-11-29-21)31-20-23-7-1-8-24-20/h1-3,7-8,14-16H,4-6,9-13H2. The molecule has 0 N–H and O–H groups in total. The van der Waals surface area contributed by atoms with Crippen LogP contribution in [-0.4, -0.2) is 66.9 Å². The van der Waals surface area contributed by atoms with Gasteiger partial charge in [0.1, 0.15) is 31.1 Å². The number of furan rings is 1. The second kappa shape index (κ2) is 8.46. The van der Waals surface area contributed by atoms with Crippen LogP contribution < -0.4 is 4.74 Å². The predicted octanol–water partition coefficient (Wildman–Crippen LogP) is 1.94. The van der Waals surface area contributed by atoms with Crippen molar-refractivity contribution in [2.24, 2.45) is 0 Å². The maximum absolute atomic E-state index is 12.9. The lowest BCUT2D eigenvalue weighted by molar-refractivity contribution is -0.136. The van der Waals surface area contributed by atoms with E-state index in [-0.39, 0.29) is 17.6 Å². The SMILES string of the molecule is O=C(c1ccc(Cn2cncn2)o1)N1CCC2(CC1)CC(Oc1ncccn1)CCO2. The van der Waals surface area contributed by atoms with Gasteiger partial charge in [-0.3, -0.25) is 4.79 Å². The quantitative estimate of drug-likeness (QED) is 0.611. The number of ether oxygens (including phenoxy) is 2. The van der Waals surface area contributed by atoms with E-state index >= 15 is 0 Å². The lowest BCUT2D eigenvalue weighted by Gasteiger charge is -2.45. The summed E-state index contributed by atoms with van der Waals surface area (Å²) in [6.07, 6.45) is 9.55. The fourth-order valence-corrected chi connectivity index (χ4v) is 4.25. The van der Waals surface area contributed by atoms with Gasteiger partial charge in [-0.15, -0.1) is 0 Å². The minimum absolute atomic E-state index is 0.0165. The molecule has 2 fully saturated rings. The predicted molar refractivity (Wildman–Crippen MR) is 107 cm³/mol. The third kappa shape index (κ3) is 4.43. The number of hydrogen-bond donors (Lipinski definition) is 0. The highest BCUT2D eigenvalue weighted by Gasteiger charge is 2.42. The van der Waals surface area contributed by atoms with E-state index < -0.39 is 0 Å². The molecule has 10 heteroatoms. The topological polar surface area (TPSA) is 108 Å². The van der Waals surface area contributed by atoms with Crippen molar-refractivity contribution in [2.45, 2.75) is 43.9 Å². The Morgan fingerprint density at radius 2 is 2.06 bits per heavy atom. The summed E-state index contributed by atoms with van der Waals surface area (Å²) in [7, 11) is 0. The molecule has 2 aliphatic rings. The average molecular weight is 424 g/mol. The van der Waals surface area contributed by atoms with Crippen LogP contribution in [-0.2, 0) is 11.3 Å². The average Bonchev–Trinajstić information content (AvgIpc) is 3.47. The molecule has 0 saturated carbocycles. The van der Waals surface area contributed by atoms with E-state index in [1.807, 2.05) is 4.90 Å². The van der Waals surface area contributed by atoms with E-state index in [4.69, 9.17) is 13.9 Å². The molecule has 10 nitrogen and oxygen atoms in total. The van der Waals surface area contributed by atoms with Crippen molar-refractivity contribution in [3.63, 3.8) is 0 Å². The van der Waals surface area contributed by atoms with Crippen LogP contribution in [0.4, 0.5) is 0 Å². The van der Waals surface area contributed by atoms with Gasteiger partial charge < -0.3 is 18.8 Å². The van der Waals surface area contributed by atoms with Crippen LogP contribution in [0, 0.1) is 0 Å². The molecule has 5 heterocycles. The molecule has 1 amide bonds. The zero-order valence-corrected chi connectivity index (χ0v) is 17.1. The largest absolute Gasteiger partial charge is 0.460 e. The van der Waals surface area contributed by atoms with Crippen LogP contribution in [0.5, 0.6) is 6.01 Å². The van der Waals surface area contributed by atoms with E-state index in [1.165, 1.54) is 6.33 Å². The van der Waals surface area contributed by atoms with Crippen LogP contribution in [0.1, 0.15) is 42.0 Å². The molecule has 2 saturated heterocycles. The normalized spacial score (nSPS) is 20.6. The van der Waals surface area contributed by atoms with Crippen molar-refractivity contribution in [1.29, 1.82) is 0 Å². The van der Waals surface area contributed by atoms with Gasteiger partial charge in [-0.25, -0.2) is 19.6 Å². The van der Waals surface area contributed by atoms with Crippen molar-refractivity contribution in [2.75, 3.05) is 19.7 Å². The maximum atomic E-state index is 12.9. The number of carbonyl (C=O) groups is 1. The molecule has 1 atom stereocenters. The molecule has 162 valence electrons. The Morgan fingerprint density at radius 3 is 2.84 bits per heavy atom. The van der Waals surface area contributed by atoms with Gasteiger partial charge in [0.15, 0.2) is 5.76 Å². The minimum atomic E-state index is -0.268. The zero-order chi connectivity index (χ0) is 21.1. The fraction of sp³-hybridized carbons (Fsp3) is 0.476. The first-order chi connectivity index (χ1) is 15.2. The van der Waals surface area contributed by atoms with Gasteiger partial charge in [0.2, 0.25) is 0 Å². The Morgan fingerprint density at radius 1 is 1.23 bits per heavy atom. The number of hydrogen-bond acceptors (Lipinski definition) is 8. The highest BCUT2D eigenvalue weighted by atomic mass is 16.5. The van der Waals surface area contributed by atoms with Gasteiger partial charge in [0.25, 0.3) is 5.91 Å². The monoisotopic (exact) mass is 424 g/mol. The molecule has 5 rings (SSSR count). The Hall–Kier alpha value is -3.27. The number of nitrogens with zero attached hydrogens (tertiary/aromatic N) is 6. The number of carbonyl (C=O) groups excluding carboxylic acids is 1. The molecular formula is C21H24N6O4.